The van der Waals surface area contributed by atoms with E-state index in [-0.39, 0.29) is 11.9 Å². The Labute approximate surface area is 128 Å². The van der Waals surface area contributed by atoms with E-state index in [1.165, 1.54) is 12.1 Å². The number of hydrogen-bond acceptors (Lipinski definition) is 5. The van der Waals surface area contributed by atoms with Crippen molar-refractivity contribution in [2.45, 2.75) is 31.4 Å². The molecule has 5 nitrogen and oxygen atoms in total. The Kier molecular flexibility index (Phi) is 3.63. The zero-order chi connectivity index (χ0) is 14.9. The number of aromatic nitrogens is 2. The average molecular weight is 303 g/mol. The van der Waals surface area contributed by atoms with Gasteiger partial charge in [0.15, 0.2) is 5.82 Å². The van der Waals surface area contributed by atoms with Gasteiger partial charge in [0.05, 0.1) is 19.3 Å². The van der Waals surface area contributed by atoms with Crippen molar-refractivity contribution in [3.63, 3.8) is 0 Å². The maximum Gasteiger partial charge on any atom is 0.229 e. The molecule has 22 heavy (non-hydrogen) atoms. The lowest BCUT2D eigenvalue weighted by atomic mass is 10.1. The summed E-state index contributed by atoms with van der Waals surface area (Å²) in [5, 5.41) is 4.06. The highest BCUT2D eigenvalue weighted by atomic mass is 19.1. The first-order valence-corrected chi connectivity index (χ1v) is 7.70. The van der Waals surface area contributed by atoms with Gasteiger partial charge in [0.1, 0.15) is 5.82 Å². The molecule has 1 aliphatic carbocycles. The van der Waals surface area contributed by atoms with E-state index in [1.807, 2.05) is 0 Å². The Hall–Kier alpha value is -1.79. The molecule has 1 saturated heterocycles. The Morgan fingerprint density at radius 2 is 2.05 bits per heavy atom. The third kappa shape index (κ3) is 3.03. The molecule has 2 fully saturated rings. The van der Waals surface area contributed by atoms with E-state index < -0.39 is 0 Å². The molecule has 6 heteroatoms. The van der Waals surface area contributed by atoms with E-state index >= 15 is 0 Å². The third-order valence-electron chi connectivity index (χ3n) is 4.17. The van der Waals surface area contributed by atoms with Crippen molar-refractivity contribution in [2.75, 3.05) is 19.7 Å². The number of morpholine rings is 1. The lowest BCUT2D eigenvalue weighted by Crippen LogP contribution is -2.38. The number of rotatable bonds is 4. The molecule has 0 N–H and O–H groups in total. The van der Waals surface area contributed by atoms with E-state index in [0.717, 1.165) is 43.2 Å². The summed E-state index contributed by atoms with van der Waals surface area (Å²) in [6.07, 6.45) is 2.28. The molecule has 1 aliphatic heterocycles. The van der Waals surface area contributed by atoms with Crippen molar-refractivity contribution in [1.29, 1.82) is 0 Å². The highest BCUT2D eigenvalue weighted by Gasteiger charge is 2.30. The molecule has 1 unspecified atom stereocenters. The minimum absolute atomic E-state index is 0.0378. The van der Waals surface area contributed by atoms with Crippen LogP contribution >= 0.6 is 0 Å². The van der Waals surface area contributed by atoms with Gasteiger partial charge < -0.3 is 9.26 Å². The van der Waals surface area contributed by atoms with Crippen LogP contribution in [0.25, 0.3) is 0 Å². The second-order valence-corrected chi connectivity index (χ2v) is 5.97. The number of halogens is 1. The zero-order valence-corrected chi connectivity index (χ0v) is 12.2. The molecule has 0 amide bonds. The van der Waals surface area contributed by atoms with Crippen LogP contribution in [0.15, 0.2) is 28.8 Å². The van der Waals surface area contributed by atoms with Gasteiger partial charge in [-0.05, 0) is 30.5 Å². The van der Waals surface area contributed by atoms with Crippen molar-refractivity contribution < 1.29 is 13.7 Å². The largest absolute Gasteiger partial charge is 0.371 e. The first kappa shape index (κ1) is 13.8. The highest BCUT2D eigenvalue weighted by Crippen LogP contribution is 2.38. The molecule has 1 atom stereocenters. The monoisotopic (exact) mass is 303 g/mol. The quantitative estimate of drug-likeness (QED) is 0.869. The standard InChI is InChI=1S/C16H18FN3O2/c17-13-5-3-11(4-6-13)14-9-20(7-8-21-14)10-15-18-16(22-19-15)12-1-2-12/h3-6,12,14H,1-2,7-10H2. The number of nitrogens with zero attached hydrogens (tertiary/aromatic N) is 3. The molecule has 1 aromatic carbocycles. The summed E-state index contributed by atoms with van der Waals surface area (Å²) in [4.78, 5) is 6.71. The van der Waals surface area contributed by atoms with E-state index in [9.17, 15) is 4.39 Å². The Bertz CT molecular complexity index is 639. The van der Waals surface area contributed by atoms with Gasteiger partial charge in [-0.15, -0.1) is 0 Å². The molecule has 2 aromatic rings. The molecule has 2 heterocycles. The predicted molar refractivity (Wildman–Crippen MR) is 76.6 cm³/mol. The van der Waals surface area contributed by atoms with Crippen LogP contribution in [0.4, 0.5) is 4.39 Å². The Balaban J connectivity index is 1.40. The maximum atomic E-state index is 13.0. The lowest BCUT2D eigenvalue weighted by Gasteiger charge is -2.32. The van der Waals surface area contributed by atoms with Gasteiger partial charge in [-0.25, -0.2) is 4.39 Å². The van der Waals surface area contributed by atoms with Gasteiger partial charge in [-0.1, -0.05) is 17.3 Å². The molecule has 1 aromatic heterocycles. The van der Waals surface area contributed by atoms with Gasteiger partial charge in [0, 0.05) is 19.0 Å². The van der Waals surface area contributed by atoms with E-state index in [2.05, 4.69) is 15.0 Å². The lowest BCUT2D eigenvalue weighted by molar-refractivity contribution is -0.0338. The van der Waals surface area contributed by atoms with Crippen LogP contribution in [0.1, 0.15) is 42.1 Å². The SMILES string of the molecule is Fc1ccc(C2CN(Cc3noc(C4CC4)n3)CCO2)cc1. The maximum absolute atomic E-state index is 13.0. The van der Waals surface area contributed by atoms with Crippen LogP contribution in [0.5, 0.6) is 0 Å². The van der Waals surface area contributed by atoms with Crippen LogP contribution in [0, 0.1) is 5.82 Å². The third-order valence-corrected chi connectivity index (χ3v) is 4.17. The first-order chi connectivity index (χ1) is 10.8. The molecular weight excluding hydrogens is 285 g/mol. The molecule has 116 valence electrons. The van der Waals surface area contributed by atoms with Crippen LogP contribution < -0.4 is 0 Å². The van der Waals surface area contributed by atoms with Gasteiger partial charge >= 0.3 is 0 Å². The van der Waals surface area contributed by atoms with Crippen LogP contribution in [-0.4, -0.2) is 34.7 Å². The normalized spacial score (nSPS) is 22.9. The summed E-state index contributed by atoms with van der Waals surface area (Å²) in [5.41, 5.74) is 0.998. The van der Waals surface area contributed by atoms with Crippen LogP contribution in [0.3, 0.4) is 0 Å². The summed E-state index contributed by atoms with van der Waals surface area (Å²) in [5.74, 6) is 1.77. The molecule has 0 radical (unpaired) electrons. The van der Waals surface area contributed by atoms with Crippen molar-refractivity contribution in [1.82, 2.24) is 15.0 Å². The number of benzene rings is 1. The first-order valence-electron chi connectivity index (χ1n) is 7.70. The van der Waals surface area contributed by atoms with Crippen molar-refractivity contribution in [2.24, 2.45) is 0 Å². The fraction of sp³-hybridized carbons (Fsp3) is 0.500. The Morgan fingerprint density at radius 3 is 2.82 bits per heavy atom. The van der Waals surface area contributed by atoms with Crippen molar-refractivity contribution in [3.05, 3.63) is 47.4 Å². The van der Waals surface area contributed by atoms with Gasteiger partial charge in [0.2, 0.25) is 5.89 Å². The summed E-state index contributed by atoms with van der Waals surface area (Å²) in [6, 6.07) is 6.50. The van der Waals surface area contributed by atoms with Gasteiger partial charge in [-0.2, -0.15) is 4.98 Å². The molecule has 2 aliphatic rings. The van der Waals surface area contributed by atoms with E-state index in [0.29, 0.717) is 19.1 Å². The molecule has 4 rings (SSSR count). The second kappa shape index (κ2) is 5.78. The topological polar surface area (TPSA) is 51.4 Å². The summed E-state index contributed by atoms with van der Waals surface area (Å²) < 4.78 is 24.1. The van der Waals surface area contributed by atoms with Gasteiger partial charge in [-0.3, -0.25) is 4.90 Å². The van der Waals surface area contributed by atoms with Gasteiger partial charge in [0.25, 0.3) is 0 Å². The van der Waals surface area contributed by atoms with Crippen molar-refractivity contribution >= 4 is 0 Å². The summed E-state index contributed by atoms with van der Waals surface area (Å²) >= 11 is 0. The minimum Gasteiger partial charge on any atom is -0.371 e. The number of ether oxygens (including phenoxy) is 1. The molecule has 1 saturated carbocycles. The predicted octanol–water partition coefficient (Wildman–Crippen LogP) is 2.66. The van der Waals surface area contributed by atoms with Crippen LogP contribution in [-0.2, 0) is 11.3 Å². The smallest absolute Gasteiger partial charge is 0.229 e. The molecule has 0 bridgehead atoms. The fourth-order valence-electron chi connectivity index (χ4n) is 2.75. The Morgan fingerprint density at radius 1 is 1.23 bits per heavy atom. The second-order valence-electron chi connectivity index (χ2n) is 5.97. The fourth-order valence-corrected chi connectivity index (χ4v) is 2.75. The van der Waals surface area contributed by atoms with E-state index in [1.54, 1.807) is 12.1 Å². The average Bonchev–Trinajstić information content (AvgIpc) is 3.29. The minimum atomic E-state index is -0.226. The zero-order valence-electron chi connectivity index (χ0n) is 12.2. The molecule has 0 spiro atoms. The summed E-state index contributed by atoms with van der Waals surface area (Å²) in [6.45, 7) is 2.90. The highest BCUT2D eigenvalue weighted by molar-refractivity contribution is 5.19. The number of hydrogen-bond donors (Lipinski definition) is 0. The van der Waals surface area contributed by atoms with E-state index in [4.69, 9.17) is 9.26 Å². The molecular formula is C16H18FN3O2. The van der Waals surface area contributed by atoms with Crippen molar-refractivity contribution in [3.8, 4) is 0 Å². The summed E-state index contributed by atoms with van der Waals surface area (Å²) in [7, 11) is 0. The van der Waals surface area contributed by atoms with Crippen LogP contribution in [0.2, 0.25) is 0 Å².